The summed E-state index contributed by atoms with van der Waals surface area (Å²) in [6, 6.07) is 22.2. The molecule has 0 aliphatic carbocycles. The lowest BCUT2D eigenvalue weighted by atomic mass is 10.0. The summed E-state index contributed by atoms with van der Waals surface area (Å²) < 4.78 is 7.54. The van der Waals surface area contributed by atoms with Gasteiger partial charge in [-0.2, -0.15) is 9.78 Å². The lowest BCUT2D eigenvalue weighted by Gasteiger charge is -2.30. The summed E-state index contributed by atoms with van der Waals surface area (Å²) in [7, 11) is 0. The first-order valence-corrected chi connectivity index (χ1v) is 11.8. The van der Waals surface area contributed by atoms with Gasteiger partial charge in [-0.3, -0.25) is 4.79 Å². The molecule has 0 unspecified atom stereocenters. The van der Waals surface area contributed by atoms with Crippen molar-refractivity contribution in [2.24, 2.45) is 0 Å². The molecule has 5 rings (SSSR count). The van der Waals surface area contributed by atoms with Crippen molar-refractivity contribution in [3.63, 3.8) is 0 Å². The lowest BCUT2D eigenvalue weighted by molar-refractivity contribution is 0.282. The van der Waals surface area contributed by atoms with E-state index in [1.807, 2.05) is 48.5 Å². The summed E-state index contributed by atoms with van der Waals surface area (Å²) in [5.74, 6) is 0.762. The van der Waals surface area contributed by atoms with Crippen LogP contribution in [0, 0.1) is 0 Å². The van der Waals surface area contributed by atoms with Crippen molar-refractivity contribution in [3.05, 3.63) is 99.9 Å². The molecule has 0 bridgehead atoms. The molecule has 35 heavy (non-hydrogen) atoms. The average Bonchev–Trinajstić information content (AvgIpc) is 2.91. The summed E-state index contributed by atoms with van der Waals surface area (Å²) in [5, 5.41) is 18.0. The van der Waals surface area contributed by atoms with Crippen molar-refractivity contribution in [2.75, 3.05) is 31.1 Å². The third-order valence-corrected chi connectivity index (χ3v) is 6.27. The van der Waals surface area contributed by atoms with Gasteiger partial charge in [0.25, 0.3) is 0 Å². The Hall–Kier alpha value is -3.65. The van der Waals surface area contributed by atoms with Gasteiger partial charge in [-0.25, -0.2) is 0 Å². The van der Waals surface area contributed by atoms with E-state index in [1.165, 1.54) is 4.68 Å². The van der Waals surface area contributed by atoms with E-state index in [0.717, 1.165) is 42.9 Å². The molecule has 3 aromatic carbocycles. The second-order valence-corrected chi connectivity index (χ2v) is 8.67. The molecule has 0 atom stereocenters. The van der Waals surface area contributed by atoms with E-state index in [2.05, 4.69) is 15.3 Å². The first kappa shape index (κ1) is 23.1. The first-order chi connectivity index (χ1) is 17.1. The number of piperazine rings is 1. The Kier molecular flexibility index (Phi) is 6.81. The van der Waals surface area contributed by atoms with Crippen LogP contribution in [-0.2, 0) is 6.61 Å². The fourth-order valence-electron chi connectivity index (χ4n) is 4.18. The normalized spacial score (nSPS) is 13.6. The van der Waals surface area contributed by atoms with Crippen LogP contribution in [0.2, 0.25) is 5.02 Å². The van der Waals surface area contributed by atoms with Crippen LogP contribution >= 0.6 is 11.6 Å². The van der Waals surface area contributed by atoms with Gasteiger partial charge in [0.2, 0.25) is 5.75 Å². The number of ether oxygens (including phenoxy) is 1. The van der Waals surface area contributed by atoms with Crippen LogP contribution in [0.1, 0.15) is 5.56 Å². The van der Waals surface area contributed by atoms with Crippen LogP contribution in [0.25, 0.3) is 16.8 Å². The van der Waals surface area contributed by atoms with Crippen LogP contribution in [0.15, 0.2) is 83.8 Å². The number of anilines is 1. The summed E-state index contributed by atoms with van der Waals surface area (Å²) in [6.07, 6.45) is 1.68. The predicted octanol–water partition coefficient (Wildman–Crippen LogP) is 4.25. The van der Waals surface area contributed by atoms with E-state index in [9.17, 15) is 9.90 Å². The summed E-state index contributed by atoms with van der Waals surface area (Å²) in [6.45, 7) is 3.10. The van der Waals surface area contributed by atoms with Crippen molar-refractivity contribution in [1.29, 1.82) is 0 Å². The van der Waals surface area contributed by atoms with E-state index in [0.29, 0.717) is 22.1 Å². The highest BCUT2D eigenvalue weighted by atomic mass is 35.5. The molecule has 1 fully saturated rings. The highest BCUT2D eigenvalue weighted by Crippen LogP contribution is 2.31. The van der Waals surface area contributed by atoms with E-state index >= 15 is 0 Å². The maximum absolute atomic E-state index is 13.6. The van der Waals surface area contributed by atoms with Gasteiger partial charge in [0.15, 0.2) is 0 Å². The molecular formula is C27H25ClN4O3. The van der Waals surface area contributed by atoms with Gasteiger partial charge in [-0.05, 0) is 53.1 Å². The van der Waals surface area contributed by atoms with Crippen molar-refractivity contribution < 1.29 is 9.84 Å². The Morgan fingerprint density at radius 1 is 0.971 bits per heavy atom. The van der Waals surface area contributed by atoms with Gasteiger partial charge in [0.1, 0.15) is 11.4 Å². The van der Waals surface area contributed by atoms with Gasteiger partial charge in [0.05, 0.1) is 18.5 Å². The first-order valence-electron chi connectivity index (χ1n) is 11.4. The average molecular weight is 489 g/mol. The lowest BCUT2D eigenvalue weighted by Crippen LogP contribution is -2.44. The maximum atomic E-state index is 13.6. The molecule has 1 aliphatic heterocycles. The molecule has 0 saturated carbocycles. The Morgan fingerprint density at radius 2 is 1.69 bits per heavy atom. The maximum Gasteiger partial charge on any atom is 0.316 e. The third-order valence-electron chi connectivity index (χ3n) is 6.02. The Balaban J connectivity index is 1.52. The molecule has 2 N–H and O–H groups in total. The molecule has 7 nitrogen and oxygen atoms in total. The number of halogens is 1. The zero-order valence-electron chi connectivity index (χ0n) is 19.0. The van der Waals surface area contributed by atoms with Crippen LogP contribution in [0.3, 0.4) is 0 Å². The SMILES string of the molecule is O=c1c(Oc2ccc(-c3ccccc3CO)cc2)c(N2CCNCC2)cnn1-c1ccc(Cl)cc1. The number of hydrogen-bond donors (Lipinski definition) is 2. The summed E-state index contributed by atoms with van der Waals surface area (Å²) >= 11 is 6.02. The molecule has 178 valence electrons. The number of benzene rings is 3. The second kappa shape index (κ2) is 10.3. The largest absolute Gasteiger partial charge is 0.449 e. The molecule has 1 aliphatic rings. The Morgan fingerprint density at radius 3 is 2.40 bits per heavy atom. The molecule has 0 radical (unpaired) electrons. The quantitative estimate of drug-likeness (QED) is 0.422. The number of nitrogens with one attached hydrogen (secondary N) is 1. The van der Waals surface area contributed by atoms with Crippen LogP contribution < -0.4 is 20.5 Å². The zero-order valence-corrected chi connectivity index (χ0v) is 19.8. The van der Waals surface area contributed by atoms with Crippen molar-refractivity contribution >= 4 is 17.3 Å². The molecule has 8 heteroatoms. The number of nitrogens with zero attached hydrogens (tertiary/aromatic N) is 3. The van der Waals surface area contributed by atoms with Gasteiger partial charge in [0, 0.05) is 31.2 Å². The fraction of sp³-hybridized carbons (Fsp3) is 0.185. The topological polar surface area (TPSA) is 79.6 Å². The monoisotopic (exact) mass is 488 g/mol. The van der Waals surface area contributed by atoms with Crippen molar-refractivity contribution in [1.82, 2.24) is 15.1 Å². The van der Waals surface area contributed by atoms with Gasteiger partial charge in [-0.15, -0.1) is 0 Å². The molecule has 1 saturated heterocycles. The summed E-state index contributed by atoms with van der Waals surface area (Å²) in [5.41, 5.74) is 3.68. The minimum atomic E-state index is -0.349. The number of aliphatic hydroxyl groups excluding tert-OH is 1. The molecule has 1 aromatic heterocycles. The molecular weight excluding hydrogens is 464 g/mol. The highest BCUT2D eigenvalue weighted by Gasteiger charge is 2.21. The van der Waals surface area contributed by atoms with E-state index in [1.54, 1.807) is 30.5 Å². The van der Waals surface area contributed by atoms with Gasteiger partial charge < -0.3 is 20.1 Å². The number of aromatic nitrogens is 2. The number of rotatable bonds is 6. The van der Waals surface area contributed by atoms with Crippen molar-refractivity contribution in [2.45, 2.75) is 6.61 Å². The Labute approximate surface area is 208 Å². The third kappa shape index (κ3) is 4.93. The van der Waals surface area contributed by atoms with E-state index in [-0.39, 0.29) is 17.9 Å². The Bertz CT molecular complexity index is 1360. The molecule has 4 aromatic rings. The van der Waals surface area contributed by atoms with Crippen LogP contribution in [-0.4, -0.2) is 41.1 Å². The van der Waals surface area contributed by atoms with Gasteiger partial charge in [-0.1, -0.05) is 48.0 Å². The zero-order chi connectivity index (χ0) is 24.2. The fourth-order valence-corrected chi connectivity index (χ4v) is 4.31. The smallest absolute Gasteiger partial charge is 0.316 e. The van der Waals surface area contributed by atoms with Crippen LogP contribution in [0.5, 0.6) is 11.5 Å². The molecule has 2 heterocycles. The van der Waals surface area contributed by atoms with Crippen LogP contribution in [0.4, 0.5) is 5.69 Å². The predicted molar refractivity (Wildman–Crippen MR) is 138 cm³/mol. The summed E-state index contributed by atoms with van der Waals surface area (Å²) in [4.78, 5) is 15.7. The number of hydrogen-bond acceptors (Lipinski definition) is 6. The second-order valence-electron chi connectivity index (χ2n) is 8.23. The standard InChI is InChI=1S/C27H25ClN4O3/c28-21-7-9-22(10-8-21)32-27(34)26(25(17-30-32)31-15-13-29-14-16-31)35-23-11-5-19(6-12-23)24-4-2-1-3-20(24)18-33/h1-12,17,29,33H,13-16,18H2. The molecule has 0 spiro atoms. The minimum Gasteiger partial charge on any atom is -0.449 e. The molecule has 0 amide bonds. The minimum absolute atomic E-state index is 0.0380. The van der Waals surface area contributed by atoms with E-state index < -0.39 is 0 Å². The highest BCUT2D eigenvalue weighted by molar-refractivity contribution is 6.30. The van der Waals surface area contributed by atoms with Gasteiger partial charge >= 0.3 is 5.56 Å². The van der Waals surface area contributed by atoms with Crippen molar-refractivity contribution in [3.8, 4) is 28.3 Å². The number of aliphatic hydroxyl groups is 1. The van der Waals surface area contributed by atoms with E-state index in [4.69, 9.17) is 16.3 Å².